The summed E-state index contributed by atoms with van der Waals surface area (Å²) in [6, 6.07) is 0. The number of esters is 3. The molecule has 81 heavy (non-hydrogen) atoms. The fourth-order valence-corrected chi connectivity index (χ4v) is 8.89. The fraction of sp³-hybridized carbons (Fsp3) is 0.640. The maximum absolute atomic E-state index is 12.9. The zero-order valence-corrected chi connectivity index (χ0v) is 52.5. The Bertz CT molecular complexity index is 1760. The second kappa shape index (κ2) is 67.8. The van der Waals surface area contributed by atoms with Crippen molar-refractivity contribution in [3.63, 3.8) is 0 Å². The average molecular weight is 1120 g/mol. The van der Waals surface area contributed by atoms with Crippen molar-refractivity contribution in [2.45, 2.75) is 297 Å². The molecule has 0 heterocycles. The van der Waals surface area contributed by atoms with E-state index in [1.54, 1.807) is 0 Å². The van der Waals surface area contributed by atoms with Crippen molar-refractivity contribution in [3.05, 3.63) is 146 Å². The fourth-order valence-electron chi connectivity index (χ4n) is 8.89. The number of carbonyl (C=O) groups excluding carboxylic acids is 3. The summed E-state index contributed by atoms with van der Waals surface area (Å²) < 4.78 is 16.9. The van der Waals surface area contributed by atoms with E-state index in [0.717, 1.165) is 167 Å². The molecule has 0 aromatic carbocycles. The molecule has 458 valence electrons. The molecule has 0 N–H and O–H groups in total. The Morgan fingerprint density at radius 3 is 0.753 bits per heavy atom. The van der Waals surface area contributed by atoms with Crippen LogP contribution in [0.3, 0.4) is 0 Å². The predicted molar refractivity (Wildman–Crippen MR) is 352 cm³/mol. The van der Waals surface area contributed by atoms with Crippen LogP contribution in [0.1, 0.15) is 290 Å². The molecule has 0 aliphatic rings. The smallest absolute Gasteiger partial charge is 0.306 e. The molecule has 0 amide bonds. The van der Waals surface area contributed by atoms with E-state index < -0.39 is 6.10 Å². The van der Waals surface area contributed by atoms with Crippen LogP contribution in [0, 0.1) is 0 Å². The van der Waals surface area contributed by atoms with Crippen LogP contribution >= 0.6 is 0 Å². The standard InChI is InChI=1S/C75H122O6/c1-4-7-10-13-16-19-22-25-27-29-31-33-35-36-37-38-40-41-43-45-47-50-53-56-59-62-65-68-74(77)80-71-72(70-79-73(76)67-64-61-58-55-52-49-24-21-18-15-12-9-6-3)81-75(78)69-66-63-60-57-54-51-48-46-44-42-39-34-32-30-28-26-23-20-17-14-11-8-5-2/h7-8,10-12,15-17,19-21,24-28,31-34,36-37,42,44,72H,4-6,9,13-14,18,22-23,29-30,35,38-41,43,45-71H2,1-3H3/b10-7-,11-8-,15-12-,19-16-,20-17-,24-21-,27-25-,28-26-,33-31-,34-32-,37-36-,44-42-. The molecule has 1 unspecified atom stereocenters. The minimum absolute atomic E-state index is 0.0929. The van der Waals surface area contributed by atoms with Crippen LogP contribution in [0.25, 0.3) is 0 Å². The highest BCUT2D eigenvalue weighted by Gasteiger charge is 2.19. The average Bonchev–Trinajstić information content (AvgIpc) is 3.46. The normalized spacial score (nSPS) is 13.1. The Hall–Kier alpha value is -4.71. The third-order valence-corrected chi connectivity index (χ3v) is 13.8. The minimum atomic E-state index is -0.799. The maximum atomic E-state index is 12.9. The van der Waals surface area contributed by atoms with Crippen molar-refractivity contribution in [2.75, 3.05) is 13.2 Å². The number of ether oxygens (including phenoxy) is 3. The Morgan fingerprint density at radius 2 is 0.481 bits per heavy atom. The van der Waals surface area contributed by atoms with Crippen LogP contribution < -0.4 is 0 Å². The quantitative estimate of drug-likeness (QED) is 0.0261. The van der Waals surface area contributed by atoms with Crippen LogP contribution in [-0.4, -0.2) is 37.2 Å². The minimum Gasteiger partial charge on any atom is -0.462 e. The molecule has 0 saturated carbocycles. The number of rotatable bonds is 59. The first-order valence-corrected chi connectivity index (χ1v) is 33.3. The first-order valence-electron chi connectivity index (χ1n) is 33.3. The second-order valence-electron chi connectivity index (χ2n) is 21.6. The van der Waals surface area contributed by atoms with Gasteiger partial charge in [0.1, 0.15) is 13.2 Å². The molecule has 0 spiro atoms. The van der Waals surface area contributed by atoms with Crippen molar-refractivity contribution in [3.8, 4) is 0 Å². The lowest BCUT2D eigenvalue weighted by Gasteiger charge is -2.18. The lowest BCUT2D eigenvalue weighted by Crippen LogP contribution is -2.30. The molecule has 0 aliphatic carbocycles. The van der Waals surface area contributed by atoms with Gasteiger partial charge >= 0.3 is 17.9 Å². The highest BCUT2D eigenvalue weighted by atomic mass is 16.6. The molecule has 6 heteroatoms. The first-order chi connectivity index (χ1) is 40.0. The highest BCUT2D eigenvalue weighted by Crippen LogP contribution is 2.16. The van der Waals surface area contributed by atoms with Crippen molar-refractivity contribution in [1.82, 2.24) is 0 Å². The molecule has 0 radical (unpaired) electrons. The lowest BCUT2D eigenvalue weighted by atomic mass is 10.0. The van der Waals surface area contributed by atoms with E-state index in [1.807, 2.05) is 0 Å². The van der Waals surface area contributed by atoms with Gasteiger partial charge in [0, 0.05) is 19.3 Å². The van der Waals surface area contributed by atoms with E-state index in [9.17, 15) is 14.4 Å². The summed E-state index contributed by atoms with van der Waals surface area (Å²) in [5.41, 5.74) is 0. The number of hydrogen-bond acceptors (Lipinski definition) is 6. The zero-order chi connectivity index (χ0) is 58.5. The van der Waals surface area contributed by atoms with Gasteiger partial charge in [-0.15, -0.1) is 0 Å². The van der Waals surface area contributed by atoms with Gasteiger partial charge in [-0.05, 0) is 135 Å². The monoisotopic (exact) mass is 1120 g/mol. The molecule has 0 aromatic heterocycles. The van der Waals surface area contributed by atoms with E-state index in [4.69, 9.17) is 14.2 Å². The zero-order valence-electron chi connectivity index (χ0n) is 52.5. The van der Waals surface area contributed by atoms with Gasteiger partial charge in [-0.3, -0.25) is 14.4 Å². The van der Waals surface area contributed by atoms with Gasteiger partial charge in [0.15, 0.2) is 6.10 Å². The predicted octanol–water partition coefficient (Wildman–Crippen LogP) is 23.1. The van der Waals surface area contributed by atoms with Crippen LogP contribution in [0.15, 0.2) is 146 Å². The number of hydrogen-bond donors (Lipinski definition) is 0. The molecule has 0 saturated heterocycles. The van der Waals surface area contributed by atoms with Gasteiger partial charge in [0.05, 0.1) is 0 Å². The van der Waals surface area contributed by atoms with Crippen molar-refractivity contribution in [1.29, 1.82) is 0 Å². The molecule has 1 atom stereocenters. The van der Waals surface area contributed by atoms with Crippen molar-refractivity contribution >= 4 is 17.9 Å². The van der Waals surface area contributed by atoms with Crippen LogP contribution in [0.5, 0.6) is 0 Å². The van der Waals surface area contributed by atoms with Gasteiger partial charge in [-0.25, -0.2) is 0 Å². The molecular weight excluding hydrogens is 997 g/mol. The highest BCUT2D eigenvalue weighted by molar-refractivity contribution is 5.71. The third-order valence-electron chi connectivity index (χ3n) is 13.8. The van der Waals surface area contributed by atoms with Crippen molar-refractivity contribution < 1.29 is 28.6 Å². The summed E-state index contributed by atoms with van der Waals surface area (Å²) in [4.78, 5) is 38.4. The van der Waals surface area contributed by atoms with Gasteiger partial charge in [0.2, 0.25) is 0 Å². The van der Waals surface area contributed by atoms with E-state index in [1.165, 1.54) is 83.5 Å². The first kappa shape index (κ1) is 76.3. The van der Waals surface area contributed by atoms with Crippen LogP contribution in [0.2, 0.25) is 0 Å². The Morgan fingerprint density at radius 1 is 0.259 bits per heavy atom. The largest absolute Gasteiger partial charge is 0.462 e. The molecule has 6 nitrogen and oxygen atoms in total. The second-order valence-corrected chi connectivity index (χ2v) is 21.6. The van der Waals surface area contributed by atoms with E-state index in [2.05, 4.69) is 167 Å². The molecule has 0 rings (SSSR count). The SMILES string of the molecule is CC/C=C\C/C=C\C/C=C\C/C=C\C/C=C\CCCCCCCCCCCCCC(=O)OCC(COC(=O)CCCCCCC/C=C\C/C=C\CCC)OC(=O)CCCCCCCCC/C=C\C/C=C\C/C=C\C/C=C\C/C=C\CC. The van der Waals surface area contributed by atoms with Crippen LogP contribution in [-0.2, 0) is 28.6 Å². The summed E-state index contributed by atoms with van der Waals surface area (Å²) in [7, 11) is 0. The summed E-state index contributed by atoms with van der Waals surface area (Å²) in [6.45, 7) is 6.34. The summed E-state index contributed by atoms with van der Waals surface area (Å²) in [5, 5.41) is 0. The Labute approximate surface area is 499 Å². The van der Waals surface area contributed by atoms with Gasteiger partial charge in [-0.1, -0.05) is 282 Å². The summed E-state index contributed by atoms with van der Waals surface area (Å²) >= 11 is 0. The summed E-state index contributed by atoms with van der Waals surface area (Å²) in [6.07, 6.45) is 97.1. The number of allylic oxidation sites excluding steroid dienone is 24. The molecular formula is C75H122O6. The molecule has 0 aliphatic heterocycles. The van der Waals surface area contributed by atoms with E-state index in [0.29, 0.717) is 19.3 Å². The Balaban J connectivity index is 4.36. The maximum Gasteiger partial charge on any atom is 0.306 e. The van der Waals surface area contributed by atoms with E-state index in [-0.39, 0.29) is 31.1 Å². The molecule has 0 aromatic rings. The summed E-state index contributed by atoms with van der Waals surface area (Å²) in [5.74, 6) is -0.919. The van der Waals surface area contributed by atoms with Crippen LogP contribution in [0.4, 0.5) is 0 Å². The molecule has 0 bridgehead atoms. The van der Waals surface area contributed by atoms with Gasteiger partial charge < -0.3 is 14.2 Å². The Kier molecular flexibility index (Phi) is 63.9. The number of unbranched alkanes of at least 4 members (excludes halogenated alkanes) is 24. The molecule has 0 fully saturated rings. The van der Waals surface area contributed by atoms with Gasteiger partial charge in [0.25, 0.3) is 0 Å². The topological polar surface area (TPSA) is 78.9 Å². The lowest BCUT2D eigenvalue weighted by molar-refractivity contribution is -0.167. The van der Waals surface area contributed by atoms with E-state index >= 15 is 0 Å². The third kappa shape index (κ3) is 66.0. The van der Waals surface area contributed by atoms with Gasteiger partial charge in [-0.2, -0.15) is 0 Å². The number of carbonyl (C=O) groups is 3. The van der Waals surface area contributed by atoms with Crippen molar-refractivity contribution in [2.24, 2.45) is 0 Å².